The smallest absolute Gasteiger partial charge is 0.243 e. The molecule has 0 aliphatic heterocycles. The Kier molecular flexibility index (Phi) is 9.25. The fourth-order valence-corrected chi connectivity index (χ4v) is 4.24. The van der Waals surface area contributed by atoms with E-state index in [2.05, 4.69) is 43.4 Å². The van der Waals surface area contributed by atoms with Crippen LogP contribution in [0.3, 0.4) is 0 Å². The molecule has 1 N–H and O–H groups in total. The van der Waals surface area contributed by atoms with Crippen LogP contribution in [0.5, 0.6) is 0 Å². The van der Waals surface area contributed by atoms with Gasteiger partial charge in [-0.2, -0.15) is 0 Å². The first kappa shape index (κ1) is 26.2. The SMILES string of the molecule is Cc1cccc(CN(C(=O)Cc2cc(C)ccc2C)[C@H](Cc2ccccc2)C(=O)NCC(C)C)c1. The molecule has 3 rings (SSSR count). The Morgan fingerprint density at radius 1 is 0.829 bits per heavy atom. The third-order valence-corrected chi connectivity index (χ3v) is 6.24. The maximum Gasteiger partial charge on any atom is 0.243 e. The molecule has 0 aromatic heterocycles. The van der Waals surface area contributed by atoms with Crippen molar-refractivity contribution in [2.24, 2.45) is 5.92 Å². The third-order valence-electron chi connectivity index (χ3n) is 6.24. The average molecular weight is 471 g/mol. The van der Waals surface area contributed by atoms with Crippen LogP contribution in [0.25, 0.3) is 0 Å². The number of hydrogen-bond acceptors (Lipinski definition) is 2. The molecule has 4 nitrogen and oxygen atoms in total. The fourth-order valence-electron chi connectivity index (χ4n) is 4.24. The van der Waals surface area contributed by atoms with Gasteiger partial charge in [-0.05, 0) is 48.9 Å². The normalized spacial score (nSPS) is 11.8. The molecule has 0 unspecified atom stereocenters. The Morgan fingerprint density at radius 2 is 1.51 bits per heavy atom. The predicted molar refractivity (Wildman–Crippen MR) is 143 cm³/mol. The van der Waals surface area contributed by atoms with Gasteiger partial charge in [-0.15, -0.1) is 0 Å². The summed E-state index contributed by atoms with van der Waals surface area (Å²) in [6, 6.07) is 23.7. The fraction of sp³-hybridized carbons (Fsp3) is 0.355. The molecular weight excluding hydrogens is 432 g/mol. The predicted octanol–water partition coefficient (Wildman–Crippen LogP) is 5.57. The second kappa shape index (κ2) is 12.3. The maximum absolute atomic E-state index is 13.9. The van der Waals surface area contributed by atoms with E-state index in [1.54, 1.807) is 4.90 Å². The zero-order chi connectivity index (χ0) is 25.4. The van der Waals surface area contributed by atoms with Crippen LogP contribution in [0, 0.1) is 26.7 Å². The highest BCUT2D eigenvalue weighted by Gasteiger charge is 2.30. The van der Waals surface area contributed by atoms with Gasteiger partial charge in [0.2, 0.25) is 11.8 Å². The lowest BCUT2D eigenvalue weighted by Gasteiger charge is -2.32. The maximum atomic E-state index is 13.9. The average Bonchev–Trinajstić information content (AvgIpc) is 2.82. The van der Waals surface area contributed by atoms with Gasteiger partial charge in [0.05, 0.1) is 6.42 Å². The van der Waals surface area contributed by atoms with Crippen molar-refractivity contribution in [1.82, 2.24) is 10.2 Å². The van der Waals surface area contributed by atoms with Crippen molar-refractivity contribution in [3.8, 4) is 0 Å². The Balaban J connectivity index is 1.98. The lowest BCUT2D eigenvalue weighted by Crippen LogP contribution is -2.51. The lowest BCUT2D eigenvalue weighted by atomic mass is 9.99. The molecule has 0 bridgehead atoms. The number of benzene rings is 3. The summed E-state index contributed by atoms with van der Waals surface area (Å²) in [7, 11) is 0. The van der Waals surface area contributed by atoms with Gasteiger partial charge in [0.25, 0.3) is 0 Å². The summed E-state index contributed by atoms with van der Waals surface area (Å²) in [5.41, 5.74) is 6.40. The highest BCUT2D eigenvalue weighted by atomic mass is 16.2. The van der Waals surface area contributed by atoms with Gasteiger partial charge in [0.1, 0.15) is 6.04 Å². The van der Waals surface area contributed by atoms with Crippen LogP contribution in [-0.2, 0) is 29.0 Å². The highest BCUT2D eigenvalue weighted by Crippen LogP contribution is 2.19. The summed E-state index contributed by atoms with van der Waals surface area (Å²) in [5.74, 6) is 0.178. The molecule has 0 fully saturated rings. The van der Waals surface area contributed by atoms with Crippen LogP contribution >= 0.6 is 0 Å². The summed E-state index contributed by atoms with van der Waals surface area (Å²) >= 11 is 0. The molecule has 0 spiro atoms. The molecule has 4 heteroatoms. The van der Waals surface area contributed by atoms with Crippen LogP contribution < -0.4 is 5.32 Å². The zero-order valence-corrected chi connectivity index (χ0v) is 21.7. The van der Waals surface area contributed by atoms with E-state index in [0.29, 0.717) is 25.4 Å². The largest absolute Gasteiger partial charge is 0.354 e. The Labute approximate surface area is 210 Å². The standard InChI is InChI=1S/C31H38N2O2/c1-22(2)20-32-31(35)29(18-26-11-7-6-8-12-26)33(21-27-13-9-10-23(3)16-27)30(34)19-28-17-24(4)14-15-25(28)5/h6-17,22,29H,18-21H2,1-5H3,(H,32,35)/t29-/m1/s1. The van der Waals surface area contributed by atoms with Crippen molar-refractivity contribution in [3.05, 3.63) is 106 Å². The Hall–Kier alpha value is -3.40. The van der Waals surface area contributed by atoms with E-state index in [-0.39, 0.29) is 18.2 Å². The summed E-state index contributed by atoms with van der Waals surface area (Å²) in [6.45, 7) is 11.2. The van der Waals surface area contributed by atoms with Crippen LogP contribution in [0.4, 0.5) is 0 Å². The topological polar surface area (TPSA) is 49.4 Å². The number of rotatable bonds is 10. The highest BCUT2D eigenvalue weighted by molar-refractivity contribution is 5.89. The van der Waals surface area contributed by atoms with Crippen LogP contribution in [0.2, 0.25) is 0 Å². The molecule has 0 saturated carbocycles. The molecule has 184 valence electrons. The van der Waals surface area contributed by atoms with E-state index < -0.39 is 6.04 Å². The quantitative estimate of drug-likeness (QED) is 0.421. The number of carbonyl (C=O) groups is 2. The van der Waals surface area contributed by atoms with Gasteiger partial charge in [-0.1, -0.05) is 97.8 Å². The van der Waals surface area contributed by atoms with Crippen LogP contribution in [0.15, 0.2) is 72.8 Å². The lowest BCUT2D eigenvalue weighted by molar-refractivity contribution is -0.140. The van der Waals surface area contributed by atoms with E-state index in [1.165, 1.54) is 0 Å². The van der Waals surface area contributed by atoms with Crippen molar-refractivity contribution >= 4 is 11.8 Å². The number of hydrogen-bond donors (Lipinski definition) is 1. The van der Waals surface area contributed by atoms with Crippen molar-refractivity contribution in [2.45, 2.75) is 60.0 Å². The summed E-state index contributed by atoms with van der Waals surface area (Å²) in [6.07, 6.45) is 0.733. The van der Waals surface area contributed by atoms with Gasteiger partial charge in [0.15, 0.2) is 0 Å². The molecule has 2 amide bonds. The van der Waals surface area contributed by atoms with E-state index in [0.717, 1.165) is 33.4 Å². The minimum Gasteiger partial charge on any atom is -0.354 e. The number of amides is 2. The molecule has 0 saturated heterocycles. The molecule has 1 atom stereocenters. The first-order valence-corrected chi connectivity index (χ1v) is 12.5. The summed E-state index contributed by atoms with van der Waals surface area (Å²) < 4.78 is 0. The number of carbonyl (C=O) groups excluding carboxylic acids is 2. The minimum absolute atomic E-state index is 0.0409. The van der Waals surface area contributed by atoms with Crippen LogP contribution in [-0.4, -0.2) is 29.3 Å². The molecule has 3 aromatic carbocycles. The monoisotopic (exact) mass is 470 g/mol. The van der Waals surface area contributed by atoms with Gasteiger partial charge < -0.3 is 10.2 Å². The molecule has 0 aliphatic rings. The first-order valence-electron chi connectivity index (χ1n) is 12.5. The van der Waals surface area contributed by atoms with E-state index in [9.17, 15) is 9.59 Å². The van der Waals surface area contributed by atoms with E-state index >= 15 is 0 Å². The van der Waals surface area contributed by atoms with Gasteiger partial charge in [-0.3, -0.25) is 9.59 Å². The van der Waals surface area contributed by atoms with E-state index in [1.807, 2.05) is 69.3 Å². The number of nitrogens with zero attached hydrogens (tertiary/aromatic N) is 1. The van der Waals surface area contributed by atoms with Crippen molar-refractivity contribution in [3.63, 3.8) is 0 Å². The number of aryl methyl sites for hydroxylation is 3. The molecule has 35 heavy (non-hydrogen) atoms. The van der Waals surface area contributed by atoms with Gasteiger partial charge in [-0.25, -0.2) is 0 Å². The Bertz CT molecular complexity index is 1140. The number of nitrogens with one attached hydrogen (secondary N) is 1. The van der Waals surface area contributed by atoms with Gasteiger partial charge in [0, 0.05) is 19.5 Å². The second-order valence-corrected chi connectivity index (χ2v) is 9.96. The Morgan fingerprint density at radius 3 is 2.20 bits per heavy atom. The first-order chi connectivity index (χ1) is 16.7. The molecule has 0 radical (unpaired) electrons. The molecular formula is C31H38N2O2. The van der Waals surface area contributed by atoms with Crippen molar-refractivity contribution in [2.75, 3.05) is 6.54 Å². The second-order valence-electron chi connectivity index (χ2n) is 9.96. The summed E-state index contributed by atoms with van der Waals surface area (Å²) in [5, 5.41) is 3.09. The van der Waals surface area contributed by atoms with Crippen molar-refractivity contribution in [1.29, 1.82) is 0 Å². The van der Waals surface area contributed by atoms with Crippen molar-refractivity contribution < 1.29 is 9.59 Å². The molecule has 3 aromatic rings. The van der Waals surface area contributed by atoms with Gasteiger partial charge >= 0.3 is 0 Å². The van der Waals surface area contributed by atoms with Crippen LogP contribution in [0.1, 0.15) is 47.2 Å². The molecule has 0 aliphatic carbocycles. The summed E-state index contributed by atoms with van der Waals surface area (Å²) in [4.78, 5) is 29.2. The minimum atomic E-state index is -0.603. The molecule has 0 heterocycles. The third kappa shape index (κ3) is 7.81. The zero-order valence-electron chi connectivity index (χ0n) is 21.7. The van der Waals surface area contributed by atoms with E-state index in [4.69, 9.17) is 0 Å².